The maximum atomic E-state index is 15.2. The first-order chi connectivity index (χ1) is 16.4. The number of alkyl halides is 1. The molecule has 11 nitrogen and oxygen atoms in total. The number of amides is 1. The number of hydrazine groups is 1. The van der Waals surface area contributed by atoms with Gasteiger partial charge in [0.2, 0.25) is 11.6 Å². The van der Waals surface area contributed by atoms with Crippen molar-refractivity contribution < 1.29 is 9.18 Å². The first-order valence-corrected chi connectivity index (χ1v) is 11.2. The Kier molecular flexibility index (Phi) is 5.84. The van der Waals surface area contributed by atoms with Crippen LogP contribution in [0.2, 0.25) is 0 Å². The van der Waals surface area contributed by atoms with Crippen LogP contribution in [0.25, 0.3) is 5.82 Å². The second-order valence-corrected chi connectivity index (χ2v) is 8.80. The fourth-order valence-corrected chi connectivity index (χ4v) is 4.00. The highest BCUT2D eigenvalue weighted by molar-refractivity contribution is 5.88. The molecule has 3 aromatic rings. The molecule has 12 heteroatoms. The Labute approximate surface area is 196 Å². The van der Waals surface area contributed by atoms with Crippen molar-refractivity contribution in [1.82, 2.24) is 40.9 Å². The monoisotopic (exact) mass is 466 g/mol. The molecule has 5 heterocycles. The molecule has 3 aromatic heterocycles. The van der Waals surface area contributed by atoms with Crippen LogP contribution in [0.15, 0.2) is 42.9 Å². The number of nitrogens with zero attached hydrogens (tertiary/aromatic N) is 6. The van der Waals surface area contributed by atoms with Gasteiger partial charge in [-0.25, -0.2) is 24.5 Å². The summed E-state index contributed by atoms with van der Waals surface area (Å²) < 4.78 is 16.8. The van der Waals surface area contributed by atoms with Gasteiger partial charge in [-0.1, -0.05) is 6.07 Å². The van der Waals surface area contributed by atoms with Crippen molar-refractivity contribution in [2.45, 2.75) is 44.7 Å². The standard InChI is InChI=1S/C22H27FN10O/c1-14-8-17(28-18-9-15(2)30-31-18)29-21(27-14)32-12-22(23,13-32)20(34)25-11-16-4-5-19(24-10-16)33-7-3-6-26-33/h3-8,10,15,18,30-31H,9,11-13H2,1-2H3,(H,25,34)(H,27,28,29). The number of rotatable bonds is 7. The van der Waals surface area contributed by atoms with Gasteiger partial charge in [0, 0.05) is 42.9 Å². The summed E-state index contributed by atoms with van der Waals surface area (Å²) in [6, 6.07) is 7.62. The zero-order chi connectivity index (χ0) is 23.7. The van der Waals surface area contributed by atoms with E-state index in [1.807, 2.05) is 25.1 Å². The summed E-state index contributed by atoms with van der Waals surface area (Å²) in [7, 11) is 0. The number of aromatic nitrogens is 5. The van der Waals surface area contributed by atoms with Gasteiger partial charge in [0.15, 0.2) is 5.82 Å². The van der Waals surface area contributed by atoms with Gasteiger partial charge in [-0.3, -0.25) is 10.2 Å². The molecule has 34 heavy (non-hydrogen) atoms. The molecule has 2 saturated heterocycles. The number of hydrogen-bond acceptors (Lipinski definition) is 9. The van der Waals surface area contributed by atoms with Gasteiger partial charge >= 0.3 is 0 Å². The zero-order valence-electron chi connectivity index (χ0n) is 19.0. The molecule has 1 amide bonds. The summed E-state index contributed by atoms with van der Waals surface area (Å²) in [6.07, 6.45) is 6.04. The van der Waals surface area contributed by atoms with Crippen molar-refractivity contribution in [3.8, 4) is 5.82 Å². The number of anilines is 2. The van der Waals surface area contributed by atoms with E-state index in [1.54, 1.807) is 34.2 Å². The van der Waals surface area contributed by atoms with Crippen LogP contribution in [0.4, 0.5) is 16.2 Å². The van der Waals surface area contributed by atoms with Crippen LogP contribution < -0.4 is 26.4 Å². The summed E-state index contributed by atoms with van der Waals surface area (Å²) in [5, 5.41) is 10.1. The lowest BCUT2D eigenvalue weighted by atomic mass is 9.95. The topological polar surface area (TPSA) is 125 Å². The minimum atomic E-state index is -1.99. The fraction of sp³-hybridized carbons (Fsp3) is 0.409. The number of hydrogen-bond donors (Lipinski definition) is 4. The molecular formula is C22H27FN10O. The highest BCUT2D eigenvalue weighted by Crippen LogP contribution is 2.30. The number of nitrogens with one attached hydrogen (secondary N) is 4. The van der Waals surface area contributed by atoms with Crippen LogP contribution in [-0.2, 0) is 11.3 Å². The lowest BCUT2D eigenvalue weighted by Crippen LogP contribution is -2.66. The molecule has 2 fully saturated rings. The lowest BCUT2D eigenvalue weighted by Gasteiger charge is -2.43. The van der Waals surface area contributed by atoms with Crippen LogP contribution in [0.5, 0.6) is 0 Å². The number of aryl methyl sites for hydroxylation is 1. The molecule has 0 spiro atoms. The number of carbonyl (C=O) groups excluding carboxylic acids is 1. The average Bonchev–Trinajstić information content (AvgIpc) is 3.47. The van der Waals surface area contributed by atoms with E-state index in [0.29, 0.717) is 23.6 Å². The number of carbonyl (C=O) groups is 1. The average molecular weight is 467 g/mol. The summed E-state index contributed by atoms with van der Waals surface area (Å²) in [6.45, 7) is 3.94. The Morgan fingerprint density at radius 1 is 1.29 bits per heavy atom. The van der Waals surface area contributed by atoms with Crippen molar-refractivity contribution in [1.29, 1.82) is 0 Å². The van der Waals surface area contributed by atoms with Crippen molar-refractivity contribution in [3.05, 3.63) is 54.1 Å². The Morgan fingerprint density at radius 2 is 2.15 bits per heavy atom. The summed E-state index contributed by atoms with van der Waals surface area (Å²) in [5.74, 6) is 1.07. The number of pyridine rings is 1. The maximum absolute atomic E-state index is 15.2. The molecule has 4 N–H and O–H groups in total. The van der Waals surface area contributed by atoms with Crippen molar-refractivity contribution in [2.24, 2.45) is 0 Å². The second-order valence-electron chi connectivity index (χ2n) is 8.80. The van der Waals surface area contributed by atoms with Gasteiger partial charge in [0.1, 0.15) is 5.82 Å². The van der Waals surface area contributed by atoms with E-state index < -0.39 is 11.6 Å². The van der Waals surface area contributed by atoms with Crippen LogP contribution in [0, 0.1) is 6.92 Å². The van der Waals surface area contributed by atoms with Crippen LogP contribution in [-0.4, -0.2) is 61.6 Å². The molecule has 0 saturated carbocycles. The molecule has 0 radical (unpaired) electrons. The van der Waals surface area contributed by atoms with E-state index in [2.05, 4.69) is 48.5 Å². The molecule has 2 aliphatic heterocycles. The van der Waals surface area contributed by atoms with E-state index in [0.717, 1.165) is 17.7 Å². The van der Waals surface area contributed by atoms with Crippen LogP contribution in [0.1, 0.15) is 24.6 Å². The molecule has 0 aromatic carbocycles. The predicted octanol–water partition coefficient (Wildman–Crippen LogP) is 0.835. The van der Waals surface area contributed by atoms with E-state index in [-0.39, 0.29) is 25.8 Å². The summed E-state index contributed by atoms with van der Waals surface area (Å²) in [4.78, 5) is 27.5. The minimum absolute atomic E-state index is 0.0442. The van der Waals surface area contributed by atoms with Gasteiger partial charge in [0.05, 0.1) is 19.3 Å². The molecular weight excluding hydrogens is 439 g/mol. The van der Waals surface area contributed by atoms with Crippen molar-refractivity contribution in [2.75, 3.05) is 23.3 Å². The van der Waals surface area contributed by atoms with E-state index in [9.17, 15) is 4.79 Å². The quantitative estimate of drug-likeness (QED) is 0.401. The third-order valence-corrected chi connectivity index (χ3v) is 5.83. The zero-order valence-corrected chi connectivity index (χ0v) is 19.0. The molecule has 5 rings (SSSR count). The summed E-state index contributed by atoms with van der Waals surface area (Å²) in [5.41, 5.74) is 5.85. The Balaban J connectivity index is 1.15. The largest absolute Gasteiger partial charge is 0.353 e. The normalized spacial score (nSPS) is 21.2. The van der Waals surface area contributed by atoms with Crippen LogP contribution >= 0.6 is 0 Å². The summed E-state index contributed by atoms with van der Waals surface area (Å²) >= 11 is 0. The Hall–Kier alpha value is -3.64. The highest BCUT2D eigenvalue weighted by atomic mass is 19.1. The third-order valence-electron chi connectivity index (χ3n) is 5.83. The number of halogens is 1. The fourth-order valence-electron chi connectivity index (χ4n) is 4.00. The molecule has 0 bridgehead atoms. The Bertz CT molecular complexity index is 1150. The smallest absolute Gasteiger partial charge is 0.261 e. The van der Waals surface area contributed by atoms with E-state index >= 15 is 4.39 Å². The molecule has 2 aliphatic rings. The van der Waals surface area contributed by atoms with Gasteiger partial charge in [-0.15, -0.1) is 0 Å². The third kappa shape index (κ3) is 4.68. The molecule has 2 atom stereocenters. The van der Waals surface area contributed by atoms with E-state index in [1.165, 1.54) is 0 Å². The lowest BCUT2D eigenvalue weighted by molar-refractivity contribution is -0.134. The second kappa shape index (κ2) is 8.95. The minimum Gasteiger partial charge on any atom is -0.353 e. The molecule has 0 aliphatic carbocycles. The van der Waals surface area contributed by atoms with Crippen LogP contribution in [0.3, 0.4) is 0 Å². The Morgan fingerprint density at radius 3 is 2.82 bits per heavy atom. The van der Waals surface area contributed by atoms with Crippen molar-refractivity contribution >= 4 is 17.7 Å². The van der Waals surface area contributed by atoms with Gasteiger partial charge in [0.25, 0.3) is 5.91 Å². The first kappa shape index (κ1) is 22.2. The van der Waals surface area contributed by atoms with Gasteiger partial charge < -0.3 is 15.5 Å². The predicted molar refractivity (Wildman–Crippen MR) is 124 cm³/mol. The molecule has 2 unspecified atom stereocenters. The first-order valence-electron chi connectivity index (χ1n) is 11.2. The van der Waals surface area contributed by atoms with E-state index in [4.69, 9.17) is 0 Å². The van der Waals surface area contributed by atoms with Gasteiger partial charge in [-0.2, -0.15) is 10.1 Å². The highest BCUT2D eigenvalue weighted by Gasteiger charge is 2.51. The van der Waals surface area contributed by atoms with Crippen molar-refractivity contribution in [3.63, 3.8) is 0 Å². The molecule has 178 valence electrons. The van der Waals surface area contributed by atoms with Gasteiger partial charge in [-0.05, 0) is 38.0 Å². The SMILES string of the molecule is Cc1cc(NC2CC(C)NN2)nc(N2CC(F)(C(=O)NCc3ccc(-n4cccn4)nc3)C2)n1. The maximum Gasteiger partial charge on any atom is 0.261 e.